The number of pyridine rings is 1. The van der Waals surface area contributed by atoms with Crippen molar-refractivity contribution in [3.8, 4) is 0 Å². The Labute approximate surface area is 94.5 Å². The third kappa shape index (κ3) is 3.51. The Morgan fingerprint density at radius 1 is 1.56 bits per heavy atom. The molecule has 0 aliphatic rings. The SMILES string of the molecule is CCOCCNc1ccc(C(=O)O)c(C)n1. The second kappa shape index (κ2) is 6.07. The van der Waals surface area contributed by atoms with E-state index in [1.165, 1.54) is 0 Å². The first-order chi connectivity index (χ1) is 7.65. The van der Waals surface area contributed by atoms with Gasteiger partial charge in [0.25, 0.3) is 0 Å². The maximum Gasteiger partial charge on any atom is 0.337 e. The number of ether oxygens (including phenoxy) is 1. The summed E-state index contributed by atoms with van der Waals surface area (Å²) in [6, 6.07) is 3.20. The summed E-state index contributed by atoms with van der Waals surface area (Å²) in [6.07, 6.45) is 0. The van der Waals surface area contributed by atoms with Gasteiger partial charge in [-0.3, -0.25) is 0 Å². The molecular weight excluding hydrogens is 208 g/mol. The van der Waals surface area contributed by atoms with Crippen molar-refractivity contribution >= 4 is 11.8 Å². The summed E-state index contributed by atoms with van der Waals surface area (Å²) in [5, 5.41) is 11.9. The summed E-state index contributed by atoms with van der Waals surface area (Å²) in [4.78, 5) is 14.9. The van der Waals surface area contributed by atoms with E-state index >= 15 is 0 Å². The fraction of sp³-hybridized carbons (Fsp3) is 0.455. The van der Waals surface area contributed by atoms with Gasteiger partial charge in [-0.2, -0.15) is 0 Å². The van der Waals surface area contributed by atoms with Crippen LogP contribution in [-0.2, 0) is 4.74 Å². The number of aromatic nitrogens is 1. The van der Waals surface area contributed by atoms with Crippen molar-refractivity contribution in [3.05, 3.63) is 23.4 Å². The molecule has 0 radical (unpaired) electrons. The number of carbonyl (C=O) groups is 1. The number of aromatic carboxylic acids is 1. The predicted molar refractivity (Wildman–Crippen MR) is 60.9 cm³/mol. The molecule has 1 aromatic rings. The molecule has 0 unspecified atom stereocenters. The normalized spacial score (nSPS) is 10.1. The number of nitrogens with one attached hydrogen (secondary N) is 1. The van der Waals surface area contributed by atoms with E-state index in [1.807, 2.05) is 6.92 Å². The zero-order chi connectivity index (χ0) is 12.0. The minimum absolute atomic E-state index is 0.232. The average Bonchev–Trinajstić information content (AvgIpc) is 2.24. The van der Waals surface area contributed by atoms with E-state index in [-0.39, 0.29) is 5.56 Å². The van der Waals surface area contributed by atoms with Gasteiger partial charge in [-0.25, -0.2) is 9.78 Å². The molecule has 5 nitrogen and oxygen atoms in total. The highest BCUT2D eigenvalue weighted by atomic mass is 16.5. The average molecular weight is 224 g/mol. The van der Waals surface area contributed by atoms with Crippen LogP contribution in [-0.4, -0.2) is 35.8 Å². The molecular formula is C11H16N2O3. The monoisotopic (exact) mass is 224 g/mol. The Morgan fingerprint density at radius 2 is 2.31 bits per heavy atom. The van der Waals surface area contributed by atoms with Crippen LogP contribution < -0.4 is 5.32 Å². The molecule has 0 amide bonds. The highest BCUT2D eigenvalue weighted by Crippen LogP contribution is 2.10. The Kier molecular flexibility index (Phi) is 4.72. The highest BCUT2D eigenvalue weighted by Gasteiger charge is 2.07. The number of nitrogens with zero attached hydrogens (tertiary/aromatic N) is 1. The molecule has 0 aliphatic carbocycles. The molecule has 16 heavy (non-hydrogen) atoms. The van der Waals surface area contributed by atoms with E-state index < -0.39 is 5.97 Å². The van der Waals surface area contributed by atoms with Gasteiger partial charge in [-0.15, -0.1) is 0 Å². The second-order valence-corrected chi connectivity index (χ2v) is 3.26. The van der Waals surface area contributed by atoms with Crippen LogP contribution in [0.25, 0.3) is 0 Å². The Hall–Kier alpha value is -1.62. The van der Waals surface area contributed by atoms with Crippen molar-refractivity contribution in [2.75, 3.05) is 25.1 Å². The van der Waals surface area contributed by atoms with Gasteiger partial charge in [0.1, 0.15) is 5.82 Å². The fourth-order valence-electron chi connectivity index (χ4n) is 1.28. The Bertz CT molecular complexity index is 366. The van der Waals surface area contributed by atoms with Crippen LogP contribution in [0.5, 0.6) is 0 Å². The topological polar surface area (TPSA) is 71.5 Å². The number of carboxylic acid groups (broad SMARTS) is 1. The van der Waals surface area contributed by atoms with Gasteiger partial charge >= 0.3 is 5.97 Å². The first kappa shape index (κ1) is 12.4. The van der Waals surface area contributed by atoms with Gasteiger partial charge in [0.15, 0.2) is 0 Å². The first-order valence-electron chi connectivity index (χ1n) is 5.17. The second-order valence-electron chi connectivity index (χ2n) is 3.26. The highest BCUT2D eigenvalue weighted by molar-refractivity contribution is 5.89. The molecule has 1 rings (SSSR count). The molecule has 0 aliphatic heterocycles. The number of hydrogen-bond acceptors (Lipinski definition) is 4. The summed E-state index contributed by atoms with van der Waals surface area (Å²) < 4.78 is 5.16. The molecule has 88 valence electrons. The van der Waals surface area contributed by atoms with Crippen molar-refractivity contribution in [1.82, 2.24) is 4.98 Å². The summed E-state index contributed by atoms with van der Waals surface area (Å²) in [5.74, 6) is -0.284. The summed E-state index contributed by atoms with van der Waals surface area (Å²) in [7, 11) is 0. The van der Waals surface area contributed by atoms with Gasteiger partial charge < -0.3 is 15.2 Å². The number of anilines is 1. The molecule has 0 bridgehead atoms. The Morgan fingerprint density at radius 3 is 2.88 bits per heavy atom. The lowest BCUT2D eigenvalue weighted by Gasteiger charge is -2.07. The minimum Gasteiger partial charge on any atom is -0.478 e. The van der Waals surface area contributed by atoms with Gasteiger partial charge in [0, 0.05) is 13.2 Å². The number of hydrogen-bond donors (Lipinski definition) is 2. The van der Waals surface area contributed by atoms with Crippen molar-refractivity contribution in [2.24, 2.45) is 0 Å². The lowest BCUT2D eigenvalue weighted by Crippen LogP contribution is -2.11. The van der Waals surface area contributed by atoms with E-state index in [1.54, 1.807) is 19.1 Å². The van der Waals surface area contributed by atoms with Crippen LogP contribution >= 0.6 is 0 Å². The quantitative estimate of drug-likeness (QED) is 0.717. The lowest BCUT2D eigenvalue weighted by atomic mass is 10.2. The van der Waals surface area contributed by atoms with Crippen LogP contribution in [0.4, 0.5) is 5.82 Å². The molecule has 1 aromatic heterocycles. The maximum atomic E-state index is 10.8. The fourth-order valence-corrected chi connectivity index (χ4v) is 1.28. The predicted octanol–water partition coefficient (Wildman–Crippen LogP) is 1.54. The van der Waals surface area contributed by atoms with Gasteiger partial charge in [0.05, 0.1) is 17.9 Å². The molecule has 0 saturated heterocycles. The van der Waals surface area contributed by atoms with Crippen molar-refractivity contribution in [1.29, 1.82) is 0 Å². The first-order valence-corrected chi connectivity index (χ1v) is 5.17. The van der Waals surface area contributed by atoms with Gasteiger partial charge in [0.2, 0.25) is 0 Å². The van der Waals surface area contributed by atoms with E-state index in [4.69, 9.17) is 9.84 Å². The van der Waals surface area contributed by atoms with E-state index in [0.29, 0.717) is 31.3 Å². The number of rotatable bonds is 6. The molecule has 0 fully saturated rings. The lowest BCUT2D eigenvalue weighted by molar-refractivity contribution is 0.0695. The van der Waals surface area contributed by atoms with Gasteiger partial charge in [-0.05, 0) is 26.0 Å². The smallest absolute Gasteiger partial charge is 0.337 e. The van der Waals surface area contributed by atoms with Crippen molar-refractivity contribution in [3.63, 3.8) is 0 Å². The van der Waals surface area contributed by atoms with Crippen LogP contribution in [0.3, 0.4) is 0 Å². The zero-order valence-corrected chi connectivity index (χ0v) is 9.49. The molecule has 0 atom stereocenters. The molecule has 2 N–H and O–H groups in total. The zero-order valence-electron chi connectivity index (χ0n) is 9.49. The standard InChI is InChI=1S/C11H16N2O3/c1-3-16-7-6-12-10-5-4-9(11(14)15)8(2)13-10/h4-5H,3,6-7H2,1-2H3,(H,12,13)(H,14,15). The number of carboxylic acids is 1. The molecule has 0 spiro atoms. The van der Waals surface area contributed by atoms with E-state index in [0.717, 1.165) is 0 Å². The summed E-state index contributed by atoms with van der Waals surface area (Å²) in [6.45, 7) is 5.57. The van der Waals surface area contributed by atoms with E-state index in [9.17, 15) is 4.79 Å². The summed E-state index contributed by atoms with van der Waals surface area (Å²) >= 11 is 0. The van der Waals surface area contributed by atoms with Crippen LogP contribution in [0.2, 0.25) is 0 Å². The molecule has 0 aromatic carbocycles. The van der Waals surface area contributed by atoms with Crippen LogP contribution in [0.1, 0.15) is 23.0 Å². The third-order valence-corrected chi connectivity index (χ3v) is 2.07. The molecule has 0 saturated carbocycles. The van der Waals surface area contributed by atoms with Gasteiger partial charge in [-0.1, -0.05) is 0 Å². The van der Waals surface area contributed by atoms with E-state index in [2.05, 4.69) is 10.3 Å². The van der Waals surface area contributed by atoms with Crippen molar-refractivity contribution in [2.45, 2.75) is 13.8 Å². The van der Waals surface area contributed by atoms with Crippen LogP contribution in [0.15, 0.2) is 12.1 Å². The largest absolute Gasteiger partial charge is 0.478 e. The molecule has 5 heteroatoms. The van der Waals surface area contributed by atoms with Crippen molar-refractivity contribution < 1.29 is 14.6 Å². The number of aryl methyl sites for hydroxylation is 1. The Balaban J connectivity index is 2.56. The summed E-state index contributed by atoms with van der Waals surface area (Å²) in [5.41, 5.74) is 0.740. The maximum absolute atomic E-state index is 10.8. The third-order valence-electron chi connectivity index (χ3n) is 2.07. The van der Waals surface area contributed by atoms with Crippen LogP contribution in [0, 0.1) is 6.92 Å². The minimum atomic E-state index is -0.953. The molecule has 1 heterocycles.